The number of esters is 1. The van der Waals surface area contributed by atoms with Crippen molar-refractivity contribution in [3.8, 4) is 5.75 Å². The van der Waals surface area contributed by atoms with Crippen LogP contribution in [-0.4, -0.2) is 18.6 Å². The van der Waals surface area contributed by atoms with Gasteiger partial charge >= 0.3 is 14.1 Å². The first kappa shape index (κ1) is 22.6. The number of ether oxygens (including phenoxy) is 1. The van der Waals surface area contributed by atoms with Gasteiger partial charge in [0.1, 0.15) is 0 Å². The molecule has 2 atom stereocenters. The molecular formula is C21H27ClNO4P. The van der Waals surface area contributed by atoms with E-state index in [1.54, 1.807) is 6.92 Å². The highest BCUT2D eigenvalue weighted by Gasteiger charge is 2.29. The molecule has 7 heteroatoms. The topological polar surface area (TPSA) is 71.0 Å². The van der Waals surface area contributed by atoms with Crippen molar-refractivity contribution in [1.82, 2.24) is 0 Å². The molecule has 0 heterocycles. The standard InChI is InChI=1S/C21H27ClNO4P/c1-13(2)18(20(24)26-12-21(4,5)6)23-28(25)27-19-14(3)17(22)11-15-9-7-8-10-16(15)19/h7-11,13,18H,12H2,1-6H3/t18-/m0/s1. The fraction of sp³-hybridized carbons (Fsp3) is 0.476. The van der Waals surface area contributed by atoms with Gasteiger partial charge in [-0.15, -0.1) is 0 Å². The van der Waals surface area contributed by atoms with Crippen LogP contribution in [0.25, 0.3) is 10.8 Å². The molecule has 0 aromatic heterocycles. The van der Waals surface area contributed by atoms with Gasteiger partial charge in [0.15, 0.2) is 11.8 Å². The molecule has 0 amide bonds. The summed E-state index contributed by atoms with van der Waals surface area (Å²) in [5.74, 6) is -0.254. The Hall–Kier alpha value is -1.68. The molecule has 0 N–H and O–H groups in total. The summed E-state index contributed by atoms with van der Waals surface area (Å²) in [4.78, 5) is 25.1. The zero-order valence-corrected chi connectivity index (χ0v) is 18.8. The van der Waals surface area contributed by atoms with Crippen molar-refractivity contribution >= 4 is 36.5 Å². The summed E-state index contributed by atoms with van der Waals surface area (Å²) >= 11 is 6.29. The fourth-order valence-corrected chi connectivity index (χ4v) is 3.74. The SMILES string of the molecule is Cc1c(Cl)cc2ccccc2c1O[P+]([O-])=N[C@H](C(=O)OCC(C)(C)C)C(C)C. The maximum atomic E-state index is 12.6. The summed E-state index contributed by atoms with van der Waals surface area (Å²) in [5, 5.41) is 2.18. The minimum Gasteiger partial charge on any atom is -0.575 e. The summed E-state index contributed by atoms with van der Waals surface area (Å²) in [7, 11) is -2.49. The minimum absolute atomic E-state index is 0.160. The van der Waals surface area contributed by atoms with Crippen molar-refractivity contribution < 1.29 is 18.9 Å². The van der Waals surface area contributed by atoms with Crippen LogP contribution >= 0.6 is 19.8 Å². The predicted molar refractivity (Wildman–Crippen MR) is 113 cm³/mol. The number of nitrogens with zero attached hydrogens (tertiary/aromatic N) is 1. The van der Waals surface area contributed by atoms with Gasteiger partial charge in [-0.1, -0.05) is 75.2 Å². The maximum absolute atomic E-state index is 12.6. The monoisotopic (exact) mass is 423 g/mol. The van der Waals surface area contributed by atoms with Gasteiger partial charge in [0.05, 0.1) is 6.61 Å². The second-order valence-corrected chi connectivity index (χ2v) is 9.63. The molecule has 2 aromatic rings. The quantitative estimate of drug-likeness (QED) is 0.444. The first-order valence-electron chi connectivity index (χ1n) is 9.20. The van der Waals surface area contributed by atoms with E-state index >= 15 is 0 Å². The summed E-state index contributed by atoms with van der Waals surface area (Å²) < 4.78 is 15.1. The number of hydrogen-bond acceptors (Lipinski definition) is 5. The molecule has 152 valence electrons. The molecule has 0 saturated carbocycles. The van der Waals surface area contributed by atoms with Gasteiger partial charge in [-0.3, -0.25) is 4.52 Å². The Morgan fingerprint density at radius 1 is 1.29 bits per heavy atom. The third-order valence-electron chi connectivity index (χ3n) is 4.09. The highest BCUT2D eigenvalue weighted by Crippen LogP contribution is 2.39. The molecule has 0 saturated heterocycles. The Morgan fingerprint density at radius 2 is 1.93 bits per heavy atom. The van der Waals surface area contributed by atoms with E-state index < -0.39 is 20.2 Å². The fourth-order valence-electron chi connectivity index (χ4n) is 2.53. The van der Waals surface area contributed by atoms with Gasteiger partial charge < -0.3 is 9.63 Å². The van der Waals surface area contributed by atoms with Gasteiger partial charge in [0, 0.05) is 16.0 Å². The van der Waals surface area contributed by atoms with Gasteiger partial charge in [-0.2, -0.15) is 0 Å². The molecule has 0 aliphatic heterocycles. The third kappa shape index (κ3) is 5.91. The summed E-state index contributed by atoms with van der Waals surface area (Å²) in [6, 6.07) is 8.50. The van der Waals surface area contributed by atoms with Crippen molar-refractivity contribution in [3.63, 3.8) is 0 Å². The number of benzene rings is 2. The van der Waals surface area contributed by atoms with Crippen LogP contribution in [0.2, 0.25) is 5.02 Å². The van der Waals surface area contributed by atoms with Crippen LogP contribution in [0.15, 0.2) is 35.1 Å². The van der Waals surface area contributed by atoms with Crippen LogP contribution in [0.3, 0.4) is 0 Å². The molecule has 0 fully saturated rings. The van der Waals surface area contributed by atoms with Crippen molar-refractivity contribution in [2.75, 3.05) is 6.61 Å². The zero-order chi connectivity index (χ0) is 21.1. The van der Waals surface area contributed by atoms with Gasteiger partial charge in [-0.05, 0) is 29.7 Å². The number of carbonyl (C=O) groups excluding carboxylic acids is 1. The van der Waals surface area contributed by atoms with Gasteiger partial charge in [-0.25, -0.2) is 4.79 Å². The molecule has 0 aliphatic rings. The number of hydrogen-bond donors (Lipinski definition) is 0. The third-order valence-corrected chi connectivity index (χ3v) is 5.26. The molecule has 1 unspecified atom stereocenters. The first-order valence-corrected chi connectivity index (χ1v) is 10.7. The van der Waals surface area contributed by atoms with Crippen molar-refractivity contribution in [2.45, 2.75) is 47.6 Å². The van der Waals surface area contributed by atoms with Crippen molar-refractivity contribution in [1.29, 1.82) is 0 Å². The van der Waals surface area contributed by atoms with Crippen LogP contribution in [0.4, 0.5) is 0 Å². The lowest BCUT2D eigenvalue weighted by molar-refractivity contribution is -0.170. The van der Waals surface area contributed by atoms with Crippen molar-refractivity contribution in [2.24, 2.45) is 16.1 Å². The molecule has 0 radical (unpaired) electrons. The lowest BCUT2D eigenvalue weighted by Gasteiger charge is -2.20. The summed E-state index contributed by atoms with van der Waals surface area (Å²) in [6.45, 7) is 11.6. The largest absolute Gasteiger partial charge is 0.575 e. The van der Waals surface area contributed by atoms with Crippen LogP contribution in [-0.2, 0) is 9.53 Å². The number of fused-ring (bicyclic) bond motifs is 1. The second kappa shape index (κ2) is 9.21. The average molecular weight is 424 g/mol. The molecule has 0 aliphatic carbocycles. The van der Waals surface area contributed by atoms with E-state index in [0.717, 1.165) is 10.8 Å². The highest BCUT2D eigenvalue weighted by atomic mass is 35.5. The second-order valence-electron chi connectivity index (χ2n) is 8.34. The molecule has 5 nitrogen and oxygen atoms in total. The van der Waals surface area contributed by atoms with E-state index in [2.05, 4.69) is 4.74 Å². The number of halogens is 1. The maximum Gasteiger partial charge on any atom is 0.395 e. The summed E-state index contributed by atoms with van der Waals surface area (Å²) in [5.41, 5.74) is 0.516. The summed E-state index contributed by atoms with van der Waals surface area (Å²) in [6.07, 6.45) is 0. The van der Waals surface area contributed by atoms with Gasteiger partial charge in [0.2, 0.25) is 0 Å². The number of carbonyl (C=O) groups is 1. The molecule has 2 rings (SSSR count). The Morgan fingerprint density at radius 3 is 2.54 bits per heavy atom. The average Bonchev–Trinajstić information content (AvgIpc) is 2.60. The normalized spacial score (nSPS) is 13.7. The Balaban J connectivity index is 2.30. The van der Waals surface area contributed by atoms with Crippen molar-refractivity contribution in [3.05, 3.63) is 40.9 Å². The Labute approximate surface area is 172 Å². The molecule has 0 spiro atoms. The predicted octanol–water partition coefficient (Wildman–Crippen LogP) is 5.65. The lowest BCUT2D eigenvalue weighted by Crippen LogP contribution is -2.30. The van der Waals surface area contributed by atoms with E-state index in [1.807, 2.05) is 65.0 Å². The molecule has 2 aromatic carbocycles. The van der Waals surface area contributed by atoms with Crippen LogP contribution in [0, 0.1) is 18.3 Å². The van der Waals surface area contributed by atoms with Crippen LogP contribution in [0.5, 0.6) is 5.75 Å². The highest BCUT2D eigenvalue weighted by molar-refractivity contribution is 7.34. The van der Waals surface area contributed by atoms with E-state index in [9.17, 15) is 9.69 Å². The first-order chi connectivity index (χ1) is 13.0. The molecular weight excluding hydrogens is 397 g/mol. The smallest absolute Gasteiger partial charge is 0.395 e. The van der Waals surface area contributed by atoms with Gasteiger partial charge in [0.25, 0.3) is 0 Å². The Bertz CT molecular complexity index is 890. The van der Waals surface area contributed by atoms with Crippen LogP contribution in [0.1, 0.15) is 40.2 Å². The van der Waals surface area contributed by atoms with E-state index in [-0.39, 0.29) is 17.9 Å². The van der Waals surface area contributed by atoms with Crippen LogP contribution < -0.4 is 9.42 Å². The zero-order valence-electron chi connectivity index (χ0n) is 17.2. The van der Waals surface area contributed by atoms with E-state index in [0.29, 0.717) is 16.3 Å². The minimum atomic E-state index is -2.49. The number of rotatable bonds is 6. The lowest BCUT2D eigenvalue weighted by atomic mass is 9.98. The van der Waals surface area contributed by atoms with E-state index in [1.165, 1.54) is 0 Å². The Kier molecular flexibility index (Phi) is 7.44. The molecule has 0 bridgehead atoms. The van der Waals surface area contributed by atoms with E-state index in [4.69, 9.17) is 20.9 Å². The molecule has 28 heavy (non-hydrogen) atoms.